The summed E-state index contributed by atoms with van der Waals surface area (Å²) in [7, 11) is 1.79. The van der Waals surface area contributed by atoms with Crippen LogP contribution < -0.4 is 10.6 Å². The lowest BCUT2D eigenvalue weighted by Crippen LogP contribution is -2.38. The zero-order valence-electron chi connectivity index (χ0n) is 11.1. The molecule has 1 aliphatic carbocycles. The Kier molecular flexibility index (Phi) is 5.90. The monoisotopic (exact) mass is 364 g/mol. The molecule has 2 N–H and O–H groups in total. The van der Waals surface area contributed by atoms with Crippen LogP contribution in [0.1, 0.15) is 29.9 Å². The summed E-state index contributed by atoms with van der Waals surface area (Å²) in [6, 6.07) is 0. The van der Waals surface area contributed by atoms with Crippen LogP contribution in [0.15, 0.2) is 9.52 Å². The molecular formula is C12H21IN4O. The van der Waals surface area contributed by atoms with Crippen LogP contribution in [0.25, 0.3) is 0 Å². The summed E-state index contributed by atoms with van der Waals surface area (Å²) in [6.07, 6.45) is 2.68. The van der Waals surface area contributed by atoms with Crippen LogP contribution in [0.2, 0.25) is 0 Å². The quantitative estimate of drug-likeness (QED) is 0.487. The van der Waals surface area contributed by atoms with Crippen molar-refractivity contribution in [1.29, 1.82) is 0 Å². The van der Waals surface area contributed by atoms with E-state index in [0.717, 1.165) is 35.4 Å². The van der Waals surface area contributed by atoms with Gasteiger partial charge in [0, 0.05) is 25.7 Å². The predicted octanol–water partition coefficient (Wildman–Crippen LogP) is 1.98. The van der Waals surface area contributed by atoms with E-state index >= 15 is 0 Å². The number of nitrogens with one attached hydrogen (secondary N) is 2. The van der Waals surface area contributed by atoms with Crippen LogP contribution >= 0.6 is 24.0 Å². The molecule has 0 saturated heterocycles. The second kappa shape index (κ2) is 6.96. The maximum absolute atomic E-state index is 5.12. The Hall–Kier alpha value is -0.790. The molecule has 1 aromatic rings. The Morgan fingerprint density at radius 1 is 1.39 bits per heavy atom. The highest BCUT2D eigenvalue weighted by molar-refractivity contribution is 14.0. The van der Waals surface area contributed by atoms with Gasteiger partial charge < -0.3 is 15.2 Å². The minimum absolute atomic E-state index is 0. The van der Waals surface area contributed by atoms with E-state index in [1.165, 1.54) is 12.8 Å². The molecule has 0 aromatic carbocycles. The smallest absolute Gasteiger partial charge is 0.191 e. The summed E-state index contributed by atoms with van der Waals surface area (Å²) >= 11 is 0. The number of aromatic nitrogens is 1. The van der Waals surface area contributed by atoms with Crippen molar-refractivity contribution in [2.24, 2.45) is 10.9 Å². The number of rotatable bonds is 4. The average molecular weight is 364 g/mol. The molecule has 2 rings (SSSR count). The number of aryl methyl sites for hydroxylation is 2. The summed E-state index contributed by atoms with van der Waals surface area (Å²) in [6.45, 7) is 5.60. The van der Waals surface area contributed by atoms with Gasteiger partial charge in [-0.15, -0.1) is 24.0 Å². The Bertz CT molecular complexity index is 393. The van der Waals surface area contributed by atoms with Crippen LogP contribution in [0.3, 0.4) is 0 Å². The van der Waals surface area contributed by atoms with Gasteiger partial charge in [-0.25, -0.2) is 0 Å². The van der Waals surface area contributed by atoms with E-state index in [4.69, 9.17) is 4.52 Å². The van der Waals surface area contributed by atoms with Crippen molar-refractivity contribution in [3.05, 3.63) is 17.0 Å². The molecule has 1 aromatic heterocycles. The van der Waals surface area contributed by atoms with E-state index < -0.39 is 0 Å². The number of hydrogen-bond donors (Lipinski definition) is 2. The van der Waals surface area contributed by atoms with Gasteiger partial charge in [0.1, 0.15) is 5.76 Å². The average Bonchev–Trinajstić information content (AvgIpc) is 3.09. The summed E-state index contributed by atoms with van der Waals surface area (Å²) in [5.74, 6) is 2.55. The largest absolute Gasteiger partial charge is 0.361 e. The Morgan fingerprint density at radius 2 is 2.11 bits per heavy atom. The van der Waals surface area contributed by atoms with Gasteiger partial charge >= 0.3 is 0 Å². The molecule has 5 nitrogen and oxygen atoms in total. The molecule has 0 amide bonds. The first-order valence-electron chi connectivity index (χ1n) is 6.07. The fourth-order valence-electron chi connectivity index (χ4n) is 1.71. The van der Waals surface area contributed by atoms with E-state index in [1.807, 2.05) is 13.8 Å². The van der Waals surface area contributed by atoms with Crippen LogP contribution in [0.5, 0.6) is 0 Å². The van der Waals surface area contributed by atoms with Gasteiger partial charge in [-0.1, -0.05) is 5.16 Å². The predicted molar refractivity (Wildman–Crippen MR) is 82.3 cm³/mol. The molecule has 0 spiro atoms. The van der Waals surface area contributed by atoms with Crippen molar-refractivity contribution in [2.75, 3.05) is 13.6 Å². The maximum atomic E-state index is 5.12. The van der Waals surface area contributed by atoms with E-state index in [0.29, 0.717) is 6.54 Å². The number of aliphatic imine (C=N–C) groups is 1. The van der Waals surface area contributed by atoms with Crippen molar-refractivity contribution >= 4 is 29.9 Å². The molecule has 1 fully saturated rings. The Labute approximate surface area is 125 Å². The minimum atomic E-state index is 0. The molecule has 18 heavy (non-hydrogen) atoms. The summed E-state index contributed by atoms with van der Waals surface area (Å²) in [5.41, 5.74) is 2.05. The lowest BCUT2D eigenvalue weighted by atomic mass is 10.2. The number of nitrogens with zero attached hydrogens (tertiary/aromatic N) is 2. The molecule has 6 heteroatoms. The van der Waals surface area contributed by atoms with Crippen molar-refractivity contribution < 1.29 is 4.52 Å². The highest BCUT2D eigenvalue weighted by atomic mass is 127. The standard InChI is InChI=1S/C12H20N4O.HI/c1-8-11(9(2)17-16-8)7-15-12(13-3)14-6-10-4-5-10;/h10H,4-7H2,1-3H3,(H2,13,14,15);1H. The van der Waals surface area contributed by atoms with Gasteiger partial charge in [0.25, 0.3) is 0 Å². The molecule has 1 saturated carbocycles. The second-order valence-corrected chi connectivity index (χ2v) is 4.55. The van der Waals surface area contributed by atoms with Gasteiger partial charge in [-0.3, -0.25) is 4.99 Å². The summed E-state index contributed by atoms with van der Waals surface area (Å²) in [4.78, 5) is 4.19. The first-order chi connectivity index (χ1) is 8.20. The molecule has 1 heterocycles. The maximum Gasteiger partial charge on any atom is 0.191 e. The zero-order valence-corrected chi connectivity index (χ0v) is 13.4. The van der Waals surface area contributed by atoms with E-state index in [1.54, 1.807) is 7.05 Å². The molecule has 1 aliphatic rings. The highest BCUT2D eigenvalue weighted by Gasteiger charge is 2.21. The number of hydrogen-bond acceptors (Lipinski definition) is 3. The Morgan fingerprint density at radius 3 is 2.61 bits per heavy atom. The summed E-state index contributed by atoms with van der Waals surface area (Å²) in [5, 5.41) is 10.5. The van der Waals surface area contributed by atoms with Crippen LogP contribution in [0.4, 0.5) is 0 Å². The molecule has 102 valence electrons. The third kappa shape index (κ3) is 4.15. The number of guanidine groups is 1. The minimum Gasteiger partial charge on any atom is -0.361 e. The van der Waals surface area contributed by atoms with Crippen LogP contribution in [0, 0.1) is 19.8 Å². The summed E-state index contributed by atoms with van der Waals surface area (Å²) < 4.78 is 5.12. The van der Waals surface area contributed by atoms with Gasteiger partial charge in [0.15, 0.2) is 5.96 Å². The molecule has 0 aliphatic heterocycles. The van der Waals surface area contributed by atoms with Crippen molar-refractivity contribution in [1.82, 2.24) is 15.8 Å². The van der Waals surface area contributed by atoms with Crippen molar-refractivity contribution in [2.45, 2.75) is 33.2 Å². The van der Waals surface area contributed by atoms with Crippen LogP contribution in [-0.2, 0) is 6.54 Å². The molecule has 0 unspecified atom stereocenters. The normalized spacial score (nSPS) is 15.2. The van der Waals surface area contributed by atoms with E-state index in [9.17, 15) is 0 Å². The fourth-order valence-corrected chi connectivity index (χ4v) is 1.71. The first-order valence-corrected chi connectivity index (χ1v) is 6.07. The second-order valence-electron chi connectivity index (χ2n) is 4.55. The molecular weight excluding hydrogens is 343 g/mol. The first kappa shape index (κ1) is 15.3. The number of halogens is 1. The van der Waals surface area contributed by atoms with Gasteiger partial charge in [-0.2, -0.15) is 0 Å². The molecule has 0 radical (unpaired) electrons. The van der Waals surface area contributed by atoms with Crippen LogP contribution in [-0.4, -0.2) is 24.7 Å². The molecule has 0 atom stereocenters. The van der Waals surface area contributed by atoms with E-state index in [2.05, 4.69) is 20.8 Å². The van der Waals surface area contributed by atoms with Gasteiger partial charge in [-0.05, 0) is 32.6 Å². The van der Waals surface area contributed by atoms with Crippen molar-refractivity contribution in [3.8, 4) is 0 Å². The van der Waals surface area contributed by atoms with Gasteiger partial charge in [0.05, 0.1) is 5.69 Å². The lowest BCUT2D eigenvalue weighted by Gasteiger charge is -2.11. The zero-order chi connectivity index (χ0) is 12.3. The van der Waals surface area contributed by atoms with E-state index in [-0.39, 0.29) is 24.0 Å². The third-order valence-electron chi connectivity index (χ3n) is 3.09. The SMILES string of the molecule is CN=C(NCc1c(C)noc1C)NCC1CC1.I. The fraction of sp³-hybridized carbons (Fsp3) is 0.667. The third-order valence-corrected chi connectivity index (χ3v) is 3.09. The highest BCUT2D eigenvalue weighted by Crippen LogP contribution is 2.27. The molecule has 0 bridgehead atoms. The van der Waals surface area contributed by atoms with Crippen molar-refractivity contribution in [3.63, 3.8) is 0 Å². The topological polar surface area (TPSA) is 62.5 Å². The lowest BCUT2D eigenvalue weighted by molar-refractivity contribution is 0.392. The van der Waals surface area contributed by atoms with Gasteiger partial charge in [0.2, 0.25) is 0 Å². The Balaban J connectivity index is 0.00000162.